The van der Waals surface area contributed by atoms with E-state index in [2.05, 4.69) is 29.8 Å². The van der Waals surface area contributed by atoms with E-state index in [1.165, 1.54) is 19.3 Å². The van der Waals surface area contributed by atoms with Gasteiger partial charge in [-0.1, -0.05) is 43.4 Å². The van der Waals surface area contributed by atoms with E-state index in [9.17, 15) is 10.2 Å². The highest BCUT2D eigenvalue weighted by molar-refractivity contribution is 5.67. The number of phenols is 1. The van der Waals surface area contributed by atoms with E-state index in [1.54, 1.807) is 12.3 Å². The summed E-state index contributed by atoms with van der Waals surface area (Å²) in [6.45, 7) is 2.54. The predicted molar refractivity (Wildman–Crippen MR) is 150 cm³/mol. The lowest BCUT2D eigenvalue weighted by molar-refractivity contribution is -0.0115. The first-order valence-corrected chi connectivity index (χ1v) is 14.2. The molecular weight excluding hydrogens is 476 g/mol. The number of nitrogen functional groups attached to an aromatic ring is 1. The van der Waals surface area contributed by atoms with Crippen LogP contribution in [0.25, 0.3) is 6.08 Å². The average Bonchev–Trinajstić information content (AvgIpc) is 2.95. The van der Waals surface area contributed by atoms with Crippen LogP contribution >= 0.6 is 0 Å². The number of anilines is 1. The van der Waals surface area contributed by atoms with Crippen molar-refractivity contribution in [1.29, 1.82) is 0 Å². The summed E-state index contributed by atoms with van der Waals surface area (Å²) in [7, 11) is 0. The summed E-state index contributed by atoms with van der Waals surface area (Å²) >= 11 is 0. The topological polar surface area (TPSA) is 97.8 Å². The number of pyridine rings is 1. The molecule has 0 saturated heterocycles. The molecule has 2 aliphatic carbocycles. The van der Waals surface area contributed by atoms with Gasteiger partial charge < -0.3 is 25.4 Å². The van der Waals surface area contributed by atoms with Crippen LogP contribution in [0.15, 0.2) is 30.5 Å². The van der Waals surface area contributed by atoms with Gasteiger partial charge in [-0.15, -0.1) is 0 Å². The predicted octanol–water partition coefficient (Wildman–Crippen LogP) is 5.77. The fourth-order valence-electron chi connectivity index (χ4n) is 5.85. The fraction of sp³-hybridized carbons (Fsp3) is 0.531. The summed E-state index contributed by atoms with van der Waals surface area (Å²) in [5.74, 6) is 8.10. The number of fused-ring (bicyclic) bond motifs is 2. The fourth-order valence-corrected chi connectivity index (χ4v) is 5.85. The molecule has 0 amide bonds. The van der Waals surface area contributed by atoms with Crippen molar-refractivity contribution in [2.45, 2.75) is 96.1 Å². The Hall–Kier alpha value is -3.01. The highest BCUT2D eigenvalue weighted by Crippen LogP contribution is 2.40. The number of hydrogen-bond acceptors (Lipinski definition) is 6. The van der Waals surface area contributed by atoms with Gasteiger partial charge in [0.2, 0.25) is 0 Å². The third kappa shape index (κ3) is 6.51. The van der Waals surface area contributed by atoms with Gasteiger partial charge in [0.1, 0.15) is 5.82 Å². The van der Waals surface area contributed by atoms with Gasteiger partial charge in [0.05, 0.1) is 24.9 Å². The van der Waals surface area contributed by atoms with Crippen molar-refractivity contribution in [1.82, 2.24) is 4.98 Å². The SMILES string of the molecule is C[C@H]1C#Cc2cc(N)ncc2CO[C@H](C[C@H](O)[C@H]2C=Cc3c(ccc(O)c3OC3CCCCC3)C2)CCC1. The van der Waals surface area contributed by atoms with E-state index < -0.39 is 6.10 Å². The van der Waals surface area contributed by atoms with Crippen molar-refractivity contribution in [2.24, 2.45) is 11.8 Å². The van der Waals surface area contributed by atoms with Crippen molar-refractivity contribution in [3.05, 3.63) is 52.7 Å². The molecule has 1 fully saturated rings. The van der Waals surface area contributed by atoms with Gasteiger partial charge in [-0.2, -0.15) is 0 Å². The zero-order valence-electron chi connectivity index (χ0n) is 22.4. The summed E-state index contributed by atoms with van der Waals surface area (Å²) in [4.78, 5) is 4.24. The van der Waals surface area contributed by atoms with E-state index in [-0.39, 0.29) is 29.8 Å². The van der Waals surface area contributed by atoms with Gasteiger partial charge in [0.15, 0.2) is 11.5 Å². The zero-order valence-corrected chi connectivity index (χ0v) is 22.4. The van der Waals surface area contributed by atoms with Crippen LogP contribution in [0.3, 0.4) is 0 Å². The third-order valence-electron chi connectivity index (χ3n) is 8.17. The maximum absolute atomic E-state index is 11.3. The minimum Gasteiger partial charge on any atom is -0.504 e. The lowest BCUT2D eigenvalue weighted by atomic mass is 9.83. The van der Waals surface area contributed by atoms with E-state index in [0.29, 0.717) is 31.0 Å². The number of aromatic hydroxyl groups is 1. The maximum Gasteiger partial charge on any atom is 0.168 e. The van der Waals surface area contributed by atoms with Gasteiger partial charge in [-0.3, -0.25) is 0 Å². The van der Waals surface area contributed by atoms with E-state index in [0.717, 1.165) is 54.4 Å². The molecule has 1 saturated carbocycles. The van der Waals surface area contributed by atoms with Gasteiger partial charge in [-0.05, 0) is 69.1 Å². The number of aliphatic hydroxyl groups is 1. The van der Waals surface area contributed by atoms with Crippen LogP contribution in [0, 0.1) is 23.7 Å². The standard InChI is InChI=1S/C32H40N2O4/c1-21-6-5-9-27(37-20-25-19-34-31(33)17-22(25)11-10-21)18-30(36)24-12-14-28-23(16-24)13-15-29(35)32(28)38-26-7-3-2-4-8-26/h12-15,17,19,21,24,26-27,30,35-36H,2-9,16,18,20H2,1H3,(H2,33,34)/t21-,24+,27+,30+/m1/s1. The Morgan fingerprint density at radius 3 is 2.82 bits per heavy atom. The summed E-state index contributed by atoms with van der Waals surface area (Å²) in [6.07, 6.45) is 15.2. The second-order valence-electron chi connectivity index (χ2n) is 11.2. The van der Waals surface area contributed by atoms with Gasteiger partial charge >= 0.3 is 0 Å². The Labute approximate surface area is 226 Å². The molecule has 38 heavy (non-hydrogen) atoms. The Morgan fingerprint density at radius 2 is 1.97 bits per heavy atom. The molecule has 0 spiro atoms. The number of benzene rings is 1. The Morgan fingerprint density at radius 1 is 1.13 bits per heavy atom. The first-order valence-electron chi connectivity index (χ1n) is 14.2. The zero-order chi connectivity index (χ0) is 26.5. The quantitative estimate of drug-likeness (QED) is 0.436. The molecule has 0 bridgehead atoms. The molecule has 6 heteroatoms. The molecule has 1 aliphatic heterocycles. The summed E-state index contributed by atoms with van der Waals surface area (Å²) in [5.41, 5.74) is 9.75. The molecule has 1 aromatic heterocycles. The number of ether oxygens (including phenoxy) is 2. The molecule has 2 heterocycles. The molecule has 4 atom stereocenters. The van der Waals surface area contributed by atoms with Crippen LogP contribution in [0.4, 0.5) is 5.82 Å². The summed E-state index contributed by atoms with van der Waals surface area (Å²) in [6, 6.07) is 5.50. The average molecular weight is 517 g/mol. The molecule has 2 aromatic rings. The minimum absolute atomic E-state index is 0.0210. The number of rotatable bonds is 5. The Bertz CT molecular complexity index is 1210. The molecule has 0 radical (unpaired) electrons. The second-order valence-corrected chi connectivity index (χ2v) is 11.2. The number of aliphatic hydroxyl groups excluding tert-OH is 1. The van der Waals surface area contributed by atoms with Crippen molar-refractivity contribution in [2.75, 3.05) is 5.73 Å². The molecule has 3 aliphatic rings. The van der Waals surface area contributed by atoms with E-state index >= 15 is 0 Å². The Balaban J connectivity index is 1.26. The van der Waals surface area contributed by atoms with Gasteiger partial charge in [-0.25, -0.2) is 4.98 Å². The number of hydrogen-bond donors (Lipinski definition) is 3. The number of phenolic OH excluding ortho intramolecular Hbond substituents is 1. The monoisotopic (exact) mass is 516 g/mol. The van der Waals surface area contributed by atoms with Crippen molar-refractivity contribution in [3.8, 4) is 23.3 Å². The lowest BCUT2D eigenvalue weighted by Crippen LogP contribution is -2.29. The largest absolute Gasteiger partial charge is 0.504 e. The maximum atomic E-state index is 11.3. The molecule has 6 nitrogen and oxygen atoms in total. The van der Waals surface area contributed by atoms with Crippen LogP contribution in [0.2, 0.25) is 0 Å². The third-order valence-corrected chi connectivity index (χ3v) is 8.17. The van der Waals surface area contributed by atoms with Gasteiger partial charge in [0, 0.05) is 41.1 Å². The second kappa shape index (κ2) is 12.2. The molecule has 1 aromatic carbocycles. The first-order chi connectivity index (χ1) is 18.5. The van der Waals surface area contributed by atoms with Crippen LogP contribution in [-0.4, -0.2) is 33.5 Å². The van der Waals surface area contributed by atoms with Crippen LogP contribution in [-0.2, 0) is 17.8 Å². The van der Waals surface area contributed by atoms with Crippen LogP contribution in [0.1, 0.15) is 87.0 Å². The Kier molecular flexibility index (Phi) is 8.56. The lowest BCUT2D eigenvalue weighted by Gasteiger charge is -2.30. The molecule has 0 unspecified atom stereocenters. The van der Waals surface area contributed by atoms with Crippen LogP contribution in [0.5, 0.6) is 11.5 Å². The van der Waals surface area contributed by atoms with Crippen molar-refractivity contribution < 1.29 is 19.7 Å². The van der Waals surface area contributed by atoms with E-state index in [4.69, 9.17) is 15.2 Å². The summed E-state index contributed by atoms with van der Waals surface area (Å²) < 4.78 is 12.6. The minimum atomic E-state index is -0.538. The first kappa shape index (κ1) is 26.6. The normalized spacial score (nSPS) is 24.7. The molecule has 5 rings (SSSR count). The van der Waals surface area contributed by atoms with Gasteiger partial charge in [0.25, 0.3) is 0 Å². The number of aromatic nitrogens is 1. The number of nitrogens with two attached hydrogens (primary N) is 1. The van der Waals surface area contributed by atoms with Crippen LogP contribution < -0.4 is 10.5 Å². The number of nitrogens with zero attached hydrogens (tertiary/aromatic N) is 1. The van der Waals surface area contributed by atoms with Crippen molar-refractivity contribution >= 4 is 11.9 Å². The smallest absolute Gasteiger partial charge is 0.168 e. The highest BCUT2D eigenvalue weighted by Gasteiger charge is 2.28. The highest BCUT2D eigenvalue weighted by atomic mass is 16.5. The molecule has 4 N–H and O–H groups in total. The molecular formula is C32H40N2O4. The molecule has 202 valence electrons. The van der Waals surface area contributed by atoms with Crippen molar-refractivity contribution in [3.63, 3.8) is 0 Å². The summed E-state index contributed by atoms with van der Waals surface area (Å²) in [5, 5.41) is 21.9. The van der Waals surface area contributed by atoms with E-state index in [1.807, 2.05) is 18.2 Å².